The Morgan fingerprint density at radius 3 is 1.03 bits per heavy atom. The highest BCUT2D eigenvalue weighted by Gasteiger charge is 2.34. The van der Waals surface area contributed by atoms with Gasteiger partial charge in [-0.3, -0.25) is 0 Å². The molecule has 3 aliphatic carbocycles. The van der Waals surface area contributed by atoms with Gasteiger partial charge in [0, 0.05) is 112 Å². The number of nitrogens with one attached hydrogen (secondary N) is 2. The summed E-state index contributed by atoms with van der Waals surface area (Å²) in [6.07, 6.45) is 18.8. The van der Waals surface area contributed by atoms with Gasteiger partial charge in [-0.25, -0.2) is 77.9 Å². The van der Waals surface area contributed by atoms with Gasteiger partial charge in [0.1, 0.15) is 45.9 Å². The van der Waals surface area contributed by atoms with E-state index < -0.39 is 81.5 Å². The van der Waals surface area contributed by atoms with E-state index >= 15 is 13.2 Å². The van der Waals surface area contributed by atoms with Crippen LogP contribution in [0.1, 0.15) is 186 Å². The molecule has 15 rings (SSSR count). The number of nitrogens with two attached hydrogens (primary N) is 1. The molecule has 0 unspecified atom stereocenters. The molecule has 0 atom stereocenters. The van der Waals surface area contributed by atoms with Crippen molar-refractivity contribution in [1.82, 2.24) is 39.7 Å². The van der Waals surface area contributed by atoms with Gasteiger partial charge in [-0.05, 0) is 286 Å². The molecule has 0 spiro atoms. The van der Waals surface area contributed by atoms with Crippen molar-refractivity contribution >= 4 is 121 Å². The summed E-state index contributed by atoms with van der Waals surface area (Å²) in [5.74, 6) is -0.694. The molecule has 138 heavy (non-hydrogen) atoms. The number of nitrogens with zero attached hydrogens (tertiary/aromatic N) is 8. The quantitative estimate of drug-likeness (QED) is 0.0353. The minimum absolute atomic E-state index is 0.00837. The van der Waals surface area contributed by atoms with Crippen molar-refractivity contribution in [2.75, 3.05) is 46.1 Å². The maximum absolute atomic E-state index is 15.5. The highest BCUT2D eigenvalue weighted by atomic mass is 35.5. The molecule has 3 aliphatic rings. The molecule has 12 aromatic rings. The van der Waals surface area contributed by atoms with Gasteiger partial charge in [-0.15, -0.1) is 0 Å². The van der Waals surface area contributed by atoms with E-state index in [0.717, 1.165) is 121 Å². The molecular weight excluding hydrogens is 1890 g/mol. The molecule has 2 amide bonds. The van der Waals surface area contributed by atoms with E-state index in [0.29, 0.717) is 92.8 Å². The summed E-state index contributed by atoms with van der Waals surface area (Å²) in [6.45, 7) is 19.5. The van der Waals surface area contributed by atoms with Gasteiger partial charge in [0.2, 0.25) is 11.9 Å². The van der Waals surface area contributed by atoms with E-state index in [-0.39, 0.29) is 76.8 Å². The van der Waals surface area contributed by atoms with Crippen LogP contribution in [0.5, 0.6) is 17.2 Å². The Labute approximate surface area is 821 Å². The third-order valence-electron chi connectivity index (χ3n) is 25.0. The van der Waals surface area contributed by atoms with Crippen LogP contribution >= 0.6 is 34.8 Å². The zero-order chi connectivity index (χ0) is 100. The molecule has 3 fully saturated rings. The predicted molar refractivity (Wildman–Crippen MR) is 537 cm³/mol. The average Bonchev–Trinajstić information content (AvgIpc) is 0.768. The van der Waals surface area contributed by atoms with Crippen LogP contribution in [0.2, 0.25) is 15.1 Å². The van der Waals surface area contributed by atoms with Crippen LogP contribution in [0.4, 0.5) is 39.0 Å². The van der Waals surface area contributed by atoms with Gasteiger partial charge in [0.15, 0.2) is 29.5 Å². The van der Waals surface area contributed by atoms with E-state index in [9.17, 15) is 39.2 Å². The van der Waals surface area contributed by atoms with Crippen LogP contribution in [0.15, 0.2) is 179 Å². The molecule has 24 nitrogen and oxygen atoms in total. The van der Waals surface area contributed by atoms with Crippen LogP contribution < -0.4 is 30.6 Å². The maximum Gasteiger partial charge on any atom is 0.410 e. The number of sulfone groups is 3. The zero-order valence-electron chi connectivity index (χ0n) is 80.3. The number of halogens is 7. The fourth-order valence-corrected chi connectivity index (χ4v) is 23.2. The minimum atomic E-state index is -3.91. The van der Waals surface area contributed by atoms with E-state index in [4.69, 9.17) is 74.2 Å². The van der Waals surface area contributed by atoms with Crippen LogP contribution in [0, 0.1) is 29.4 Å². The van der Waals surface area contributed by atoms with Crippen LogP contribution in [0.3, 0.4) is 0 Å². The normalized spacial score (nSPS) is 16.9. The molecule has 9 aromatic carbocycles. The van der Waals surface area contributed by atoms with Crippen molar-refractivity contribution in [3.8, 4) is 50.6 Å². The lowest BCUT2D eigenvalue weighted by Gasteiger charge is -2.35. The topological polar surface area (TPSA) is 317 Å². The van der Waals surface area contributed by atoms with Crippen molar-refractivity contribution in [1.29, 1.82) is 0 Å². The van der Waals surface area contributed by atoms with Crippen molar-refractivity contribution < 1.29 is 76.1 Å². The second-order valence-corrected chi connectivity index (χ2v) is 44.1. The number of anilines is 2. The zero-order valence-corrected chi connectivity index (χ0v) is 85.0. The number of hydrogen-bond acceptors (Lipinski definition) is 22. The summed E-state index contributed by atoms with van der Waals surface area (Å²) in [5, 5.41) is 9.49. The van der Waals surface area contributed by atoms with Crippen LogP contribution in [-0.4, -0.2) is 154 Å². The second-order valence-electron chi connectivity index (χ2n) is 37.0. The molecule has 3 saturated carbocycles. The van der Waals surface area contributed by atoms with Crippen molar-refractivity contribution in [3.05, 3.63) is 236 Å². The van der Waals surface area contributed by atoms with Crippen molar-refractivity contribution in [2.24, 2.45) is 11.7 Å². The van der Waals surface area contributed by atoms with E-state index in [1.807, 2.05) is 86.7 Å². The number of ether oxygens (including phenoxy) is 5. The lowest BCUT2D eigenvalue weighted by atomic mass is 9.85. The first-order valence-corrected chi connectivity index (χ1v) is 52.3. The Morgan fingerprint density at radius 2 is 0.725 bits per heavy atom. The summed E-state index contributed by atoms with van der Waals surface area (Å²) in [7, 11) is -3.70. The fraction of sp³-hybridized carbons (Fsp3) is 0.404. The Kier molecular flexibility index (Phi) is 35.2. The number of carbonyl (C=O) groups excluding carboxylic acids is 2. The molecule has 34 heteroatoms. The van der Waals surface area contributed by atoms with Crippen LogP contribution in [0.25, 0.3) is 66.1 Å². The number of rotatable bonds is 25. The minimum Gasteiger partial charge on any atom is -0.496 e. The Bertz CT molecular complexity index is 6780. The molecule has 0 bridgehead atoms. The summed E-state index contributed by atoms with van der Waals surface area (Å²) < 4.78 is 165. The second kappa shape index (κ2) is 45.9. The molecule has 0 aliphatic heterocycles. The van der Waals surface area contributed by atoms with Gasteiger partial charge >= 0.3 is 18.3 Å². The Balaban J connectivity index is 0.000000174. The summed E-state index contributed by atoms with van der Waals surface area (Å²) >= 11 is 18.3. The average molecular weight is 2010 g/mol. The third-order valence-corrected chi connectivity index (χ3v) is 31.5. The van der Waals surface area contributed by atoms with Gasteiger partial charge in [0.05, 0.1) is 84.9 Å². The fourth-order valence-electron chi connectivity index (χ4n) is 17.4. The number of aromatic nitrogens is 6. The number of methoxy groups -OCH3 is 3. The smallest absolute Gasteiger partial charge is 0.410 e. The van der Waals surface area contributed by atoms with Gasteiger partial charge in [-0.1, -0.05) is 105 Å². The molecule has 736 valence electrons. The van der Waals surface area contributed by atoms with E-state index in [2.05, 4.69) is 44.4 Å². The molecule has 3 heterocycles. The Hall–Kier alpha value is -11.1. The number of fused-ring (bicyclic) bond motifs is 3. The largest absolute Gasteiger partial charge is 0.496 e. The first kappa shape index (κ1) is 106. The molecule has 0 saturated heterocycles. The summed E-state index contributed by atoms with van der Waals surface area (Å²) in [4.78, 5) is 54.0. The monoisotopic (exact) mass is 2010 g/mol. The number of carbonyl (C=O) groups is 2. The molecule has 3 aromatic heterocycles. The molecular formula is C104H120Cl3F4N11O13S3. The first-order chi connectivity index (χ1) is 65.4. The summed E-state index contributed by atoms with van der Waals surface area (Å²) in [5.41, 5.74) is 13.2. The molecule has 0 radical (unpaired) electrons. The number of aryl methyl sites for hydroxylation is 3. The predicted octanol–water partition coefficient (Wildman–Crippen LogP) is 24.1. The van der Waals surface area contributed by atoms with Gasteiger partial charge < -0.3 is 49.9 Å². The van der Waals surface area contributed by atoms with Gasteiger partial charge in [-0.2, -0.15) is 4.39 Å². The summed E-state index contributed by atoms with van der Waals surface area (Å²) in [6, 6.07) is 38.9. The lowest BCUT2D eigenvalue weighted by Crippen LogP contribution is -2.44. The van der Waals surface area contributed by atoms with E-state index in [1.54, 1.807) is 77.8 Å². The third kappa shape index (κ3) is 26.7. The van der Waals surface area contributed by atoms with Crippen molar-refractivity contribution in [2.45, 2.75) is 245 Å². The maximum atomic E-state index is 15.5. The highest BCUT2D eigenvalue weighted by Crippen LogP contribution is 2.43. The highest BCUT2D eigenvalue weighted by molar-refractivity contribution is 7.91. The number of benzene rings is 9. The molecule has 4 N–H and O–H groups in total. The van der Waals surface area contributed by atoms with Crippen LogP contribution in [-0.2, 0) is 75.5 Å². The SMILES string of the molecule is CCc1cc(-c2cc(F)c(CS(=O)(=O)c3ccccc3Cl)cc2OC)cc2cnc(F)nc12.CCc1cc(-c2cc(F)c(CS(=O)(=O)c3ccccc3Cl)cc2OC)cc2cnc(NC3CCC(CC)CC3)nc12.CCc1cc(-c2cc(F)c(CS(=O)(=O)c3ccccc3Cl)cc2OC)cc2cnc(NC3CCC(N(C)C(=O)OC(C)(C)C)CC3)nc12.CN(C(=O)OC(C)(C)C)C1CCC(N)CC1. The standard InChI is InChI=1S/C36H42ClFN4O5S.C32H35ClFN3O3S.C24H19ClF2N2O3S.C12H24N2O2/c1-7-22-16-23(28-19-30(38)25(18-31(28)46-6)21-48(44,45)32-11-9-8-10-29(32)37)17-24-20-39-34(41-33(22)24)40-26-12-14-27(15-13-26)42(5)35(43)47-36(2,3)4;1-4-20-10-12-25(13-11-20)36-32-35-18-23-15-22(14-21(5-2)31(23)37-32)26-17-28(34)24(16-29(26)40-3)19-41(38,39)30-9-7-6-8-27(30)33;1-3-14-8-15(9-16-12-28-24(27)29-23(14)16)18-11-20(26)17(10-21(18)32-2)13-33(30,31)22-7-5-4-6-19(22)25;1-12(2,3)16-11(15)14(4)10-7-5-9(13)6-8-10/h8-11,16-20,26-27H,7,12-15,21H2,1-6H3,(H,39,40,41);6-9,14-18,20,25H,4-5,10-13,19H2,1-3H3,(H,35,36,37);4-12H,3,13H2,1-2H3;9-10H,5-8,13H2,1-4H3. The van der Waals surface area contributed by atoms with E-state index in [1.165, 1.54) is 120 Å². The number of hydrogen-bond donors (Lipinski definition) is 3. The first-order valence-electron chi connectivity index (χ1n) is 46.2. The van der Waals surface area contributed by atoms with Crippen molar-refractivity contribution in [3.63, 3.8) is 0 Å². The Morgan fingerprint density at radius 1 is 0.420 bits per heavy atom. The van der Waals surface area contributed by atoms with Gasteiger partial charge in [0.25, 0.3) is 0 Å². The number of amides is 2. The lowest BCUT2D eigenvalue weighted by molar-refractivity contribution is 0.0174.